The molecule has 0 aliphatic carbocycles. The summed E-state index contributed by atoms with van der Waals surface area (Å²) in [6, 6.07) is 0. The molecular formula is C9H17FN2O2. The quantitative estimate of drug-likeness (QED) is 0.697. The predicted octanol–water partition coefficient (Wildman–Crippen LogP) is -0.0778. The van der Waals surface area contributed by atoms with E-state index >= 15 is 0 Å². The van der Waals surface area contributed by atoms with E-state index in [9.17, 15) is 9.18 Å². The van der Waals surface area contributed by atoms with E-state index in [1.807, 2.05) is 0 Å². The van der Waals surface area contributed by atoms with E-state index in [0.717, 1.165) is 19.4 Å². The number of carbonyl (C=O) groups excluding carboxylic acids is 1. The standard InChI is InChI=1S/C9H17FN2O2/c10-3-5-14-8-2-1-4-12(7-8)9(13)6-11/h8H,1-7,11H2. The zero-order chi connectivity index (χ0) is 10.4. The highest BCUT2D eigenvalue weighted by molar-refractivity contribution is 5.78. The van der Waals surface area contributed by atoms with Gasteiger partial charge < -0.3 is 15.4 Å². The Morgan fingerprint density at radius 2 is 2.43 bits per heavy atom. The smallest absolute Gasteiger partial charge is 0.236 e. The van der Waals surface area contributed by atoms with Crippen molar-refractivity contribution in [3.63, 3.8) is 0 Å². The number of halogens is 1. The predicted molar refractivity (Wildman–Crippen MR) is 50.6 cm³/mol. The van der Waals surface area contributed by atoms with Crippen LogP contribution in [0, 0.1) is 0 Å². The second kappa shape index (κ2) is 5.93. The maximum Gasteiger partial charge on any atom is 0.236 e. The molecule has 14 heavy (non-hydrogen) atoms. The summed E-state index contributed by atoms with van der Waals surface area (Å²) in [6.07, 6.45) is 1.78. The van der Waals surface area contributed by atoms with Crippen molar-refractivity contribution in [2.45, 2.75) is 18.9 Å². The first-order chi connectivity index (χ1) is 6.77. The Labute approximate surface area is 83.2 Å². The lowest BCUT2D eigenvalue weighted by atomic mass is 10.1. The number of nitrogens with zero attached hydrogens (tertiary/aromatic N) is 1. The van der Waals surface area contributed by atoms with Crippen LogP contribution in [-0.2, 0) is 9.53 Å². The van der Waals surface area contributed by atoms with Gasteiger partial charge in [0.1, 0.15) is 6.67 Å². The molecule has 1 aliphatic heterocycles. The molecule has 0 aromatic rings. The number of hydrogen-bond donors (Lipinski definition) is 1. The highest BCUT2D eigenvalue weighted by atomic mass is 19.1. The molecule has 1 aliphatic rings. The molecule has 0 aromatic heterocycles. The van der Waals surface area contributed by atoms with Crippen LogP contribution in [0.2, 0.25) is 0 Å². The number of piperidine rings is 1. The van der Waals surface area contributed by atoms with Crippen LogP contribution in [0.3, 0.4) is 0 Å². The minimum Gasteiger partial charge on any atom is -0.374 e. The molecule has 1 heterocycles. The summed E-state index contributed by atoms with van der Waals surface area (Å²) in [5, 5.41) is 0. The van der Waals surface area contributed by atoms with Crippen LogP contribution in [0.15, 0.2) is 0 Å². The second-order valence-electron chi connectivity index (χ2n) is 3.37. The molecule has 4 nitrogen and oxygen atoms in total. The van der Waals surface area contributed by atoms with Crippen LogP contribution < -0.4 is 5.73 Å². The van der Waals surface area contributed by atoms with Gasteiger partial charge in [-0.25, -0.2) is 4.39 Å². The van der Waals surface area contributed by atoms with Gasteiger partial charge in [-0.1, -0.05) is 0 Å². The number of amides is 1. The Hall–Kier alpha value is -0.680. The van der Waals surface area contributed by atoms with Crippen molar-refractivity contribution in [1.29, 1.82) is 0 Å². The summed E-state index contributed by atoms with van der Waals surface area (Å²) in [5.74, 6) is -0.0569. The van der Waals surface area contributed by atoms with E-state index in [2.05, 4.69) is 0 Å². The Morgan fingerprint density at radius 1 is 1.64 bits per heavy atom. The van der Waals surface area contributed by atoms with E-state index in [1.54, 1.807) is 4.90 Å². The molecule has 0 saturated carbocycles. The van der Waals surface area contributed by atoms with Gasteiger partial charge in [0.05, 0.1) is 19.3 Å². The van der Waals surface area contributed by atoms with Crippen molar-refractivity contribution in [3.05, 3.63) is 0 Å². The van der Waals surface area contributed by atoms with Gasteiger partial charge in [0.15, 0.2) is 0 Å². The molecule has 1 saturated heterocycles. The normalized spacial score (nSPS) is 22.4. The lowest BCUT2D eigenvalue weighted by Gasteiger charge is -2.32. The summed E-state index contributed by atoms with van der Waals surface area (Å²) in [7, 11) is 0. The van der Waals surface area contributed by atoms with Gasteiger partial charge in [-0.05, 0) is 12.8 Å². The molecule has 82 valence electrons. The minimum absolute atomic E-state index is 0.0185. The van der Waals surface area contributed by atoms with Crippen molar-refractivity contribution in [2.75, 3.05) is 32.9 Å². The second-order valence-corrected chi connectivity index (χ2v) is 3.37. The number of rotatable bonds is 4. The largest absolute Gasteiger partial charge is 0.374 e. The SMILES string of the molecule is NCC(=O)N1CCCC(OCCF)C1. The summed E-state index contributed by atoms with van der Waals surface area (Å²) < 4.78 is 17.1. The molecule has 5 heteroatoms. The summed E-state index contributed by atoms with van der Waals surface area (Å²) >= 11 is 0. The van der Waals surface area contributed by atoms with Crippen molar-refractivity contribution < 1.29 is 13.9 Å². The number of hydrogen-bond acceptors (Lipinski definition) is 3. The summed E-state index contributed by atoms with van der Waals surface area (Å²) in [6.45, 7) is 0.980. The van der Waals surface area contributed by atoms with Gasteiger partial charge in [0.2, 0.25) is 5.91 Å². The third kappa shape index (κ3) is 3.23. The third-order valence-electron chi connectivity index (χ3n) is 2.34. The molecular weight excluding hydrogens is 187 g/mol. The first kappa shape index (κ1) is 11.4. The fourth-order valence-electron chi connectivity index (χ4n) is 1.64. The van der Waals surface area contributed by atoms with Crippen molar-refractivity contribution in [3.8, 4) is 0 Å². The molecule has 1 rings (SSSR count). The number of alkyl halides is 1. The first-order valence-corrected chi connectivity index (χ1v) is 4.93. The van der Waals surface area contributed by atoms with Gasteiger partial charge in [0, 0.05) is 13.1 Å². The molecule has 1 fully saturated rings. The fraction of sp³-hybridized carbons (Fsp3) is 0.889. The van der Waals surface area contributed by atoms with Crippen LogP contribution in [0.1, 0.15) is 12.8 Å². The Kier molecular flexibility index (Phi) is 4.82. The maximum absolute atomic E-state index is 11.8. The molecule has 1 amide bonds. The molecule has 0 radical (unpaired) electrons. The van der Waals surface area contributed by atoms with Crippen LogP contribution in [0.5, 0.6) is 0 Å². The Balaban J connectivity index is 2.31. The molecule has 0 spiro atoms. The van der Waals surface area contributed by atoms with E-state index in [4.69, 9.17) is 10.5 Å². The van der Waals surface area contributed by atoms with Crippen molar-refractivity contribution in [2.24, 2.45) is 5.73 Å². The lowest BCUT2D eigenvalue weighted by molar-refractivity contribution is -0.133. The first-order valence-electron chi connectivity index (χ1n) is 4.93. The van der Waals surface area contributed by atoms with Gasteiger partial charge >= 0.3 is 0 Å². The zero-order valence-corrected chi connectivity index (χ0v) is 8.25. The Morgan fingerprint density at radius 3 is 3.07 bits per heavy atom. The van der Waals surface area contributed by atoms with Crippen LogP contribution in [0.25, 0.3) is 0 Å². The van der Waals surface area contributed by atoms with Gasteiger partial charge in [-0.15, -0.1) is 0 Å². The number of ether oxygens (including phenoxy) is 1. The van der Waals surface area contributed by atoms with Gasteiger partial charge in [0.25, 0.3) is 0 Å². The monoisotopic (exact) mass is 204 g/mol. The highest BCUT2D eigenvalue weighted by Crippen LogP contribution is 2.12. The molecule has 1 atom stereocenters. The van der Waals surface area contributed by atoms with E-state index in [1.165, 1.54) is 0 Å². The molecule has 0 bridgehead atoms. The molecule has 0 aromatic carbocycles. The number of carbonyl (C=O) groups is 1. The van der Waals surface area contributed by atoms with E-state index in [-0.39, 0.29) is 25.2 Å². The highest BCUT2D eigenvalue weighted by Gasteiger charge is 2.22. The maximum atomic E-state index is 11.8. The van der Waals surface area contributed by atoms with E-state index < -0.39 is 6.67 Å². The molecule has 2 N–H and O–H groups in total. The fourth-order valence-corrected chi connectivity index (χ4v) is 1.64. The lowest BCUT2D eigenvalue weighted by Crippen LogP contribution is -2.45. The van der Waals surface area contributed by atoms with Crippen molar-refractivity contribution >= 4 is 5.91 Å². The van der Waals surface area contributed by atoms with E-state index in [0.29, 0.717) is 6.54 Å². The topological polar surface area (TPSA) is 55.6 Å². The Bertz CT molecular complexity index is 190. The average Bonchev–Trinajstić information content (AvgIpc) is 2.25. The summed E-state index contributed by atoms with van der Waals surface area (Å²) in [5.41, 5.74) is 5.26. The summed E-state index contributed by atoms with van der Waals surface area (Å²) in [4.78, 5) is 12.9. The molecule has 1 unspecified atom stereocenters. The third-order valence-corrected chi connectivity index (χ3v) is 2.34. The number of likely N-dealkylation sites (tertiary alicyclic amines) is 1. The van der Waals surface area contributed by atoms with Crippen LogP contribution >= 0.6 is 0 Å². The van der Waals surface area contributed by atoms with Gasteiger partial charge in [-0.3, -0.25) is 4.79 Å². The van der Waals surface area contributed by atoms with Crippen LogP contribution in [0.4, 0.5) is 4.39 Å². The average molecular weight is 204 g/mol. The number of nitrogens with two attached hydrogens (primary N) is 1. The van der Waals surface area contributed by atoms with Crippen molar-refractivity contribution in [1.82, 2.24) is 4.90 Å². The van der Waals surface area contributed by atoms with Crippen LogP contribution in [-0.4, -0.2) is 49.8 Å². The van der Waals surface area contributed by atoms with Gasteiger partial charge in [-0.2, -0.15) is 0 Å². The minimum atomic E-state index is -0.471. The zero-order valence-electron chi connectivity index (χ0n) is 8.25.